The van der Waals surface area contributed by atoms with E-state index >= 15 is 0 Å². The number of hydrogen-bond acceptors (Lipinski definition) is 16. The zero-order valence-electron chi connectivity index (χ0n) is 21.7. The number of aliphatic hydroxyl groups excluding tert-OH is 9. The second-order valence-electron chi connectivity index (χ2n) is 9.81. The van der Waals surface area contributed by atoms with Crippen LogP contribution in [0, 0.1) is 0 Å². The van der Waals surface area contributed by atoms with Gasteiger partial charge in [-0.3, -0.25) is 9.59 Å². The highest BCUT2D eigenvalue weighted by molar-refractivity contribution is 5.73. The molecule has 0 spiro atoms. The van der Waals surface area contributed by atoms with Gasteiger partial charge >= 0.3 is 0 Å². The van der Waals surface area contributed by atoms with E-state index in [0.717, 1.165) is 13.8 Å². The molecule has 18 heteroatoms. The molecule has 15 atom stereocenters. The Morgan fingerprint density at radius 2 is 1.05 bits per heavy atom. The van der Waals surface area contributed by atoms with Crippen LogP contribution in [-0.4, -0.2) is 170 Å². The average molecular weight is 587 g/mol. The van der Waals surface area contributed by atoms with Gasteiger partial charge < -0.3 is 80.3 Å². The van der Waals surface area contributed by atoms with Crippen molar-refractivity contribution in [2.45, 2.75) is 106 Å². The van der Waals surface area contributed by atoms with Crippen molar-refractivity contribution in [3.63, 3.8) is 0 Å². The van der Waals surface area contributed by atoms with Gasteiger partial charge in [-0.05, 0) is 0 Å². The summed E-state index contributed by atoms with van der Waals surface area (Å²) in [5.41, 5.74) is 0. The molecule has 18 nitrogen and oxygen atoms in total. The fourth-order valence-corrected chi connectivity index (χ4v) is 4.87. The van der Waals surface area contributed by atoms with E-state index in [2.05, 4.69) is 10.6 Å². The average Bonchev–Trinajstić information content (AvgIpc) is 2.90. The van der Waals surface area contributed by atoms with Crippen LogP contribution in [-0.2, 0) is 33.3 Å². The number of amides is 2. The molecule has 0 aromatic rings. The molecule has 0 aliphatic carbocycles. The standard InChI is InChI=1S/C22H38N2O16/c1-6(28)23-11-14(31)18(9(4-26)36-20(11)35)39-21-12(24-7(2)29)15(32)19(10(5-27)38-21)40-22-17(34)16(33)13(30)8(3-25)37-22/h8-22,25-27,30-35H,3-5H2,1-2H3,(H,23,28)(H,24,29)/t8-,9-,10-,11-,12-,13-,14-,15-,16+,17+,18-,19-,20-,21+,22+/m1/s1. The molecule has 0 aromatic heterocycles. The van der Waals surface area contributed by atoms with Gasteiger partial charge in [-0.2, -0.15) is 0 Å². The van der Waals surface area contributed by atoms with Crippen LogP contribution >= 0.6 is 0 Å². The first-order valence-electron chi connectivity index (χ1n) is 12.6. The van der Waals surface area contributed by atoms with Crippen LogP contribution in [0.15, 0.2) is 0 Å². The fraction of sp³-hybridized carbons (Fsp3) is 0.909. The molecule has 3 rings (SSSR count). The third-order valence-electron chi connectivity index (χ3n) is 6.90. The highest BCUT2D eigenvalue weighted by Crippen LogP contribution is 2.32. The lowest BCUT2D eigenvalue weighted by Gasteiger charge is -2.49. The Morgan fingerprint density at radius 3 is 1.57 bits per heavy atom. The summed E-state index contributed by atoms with van der Waals surface area (Å²) in [5.74, 6) is -1.30. The molecular formula is C22H38N2O16. The first-order chi connectivity index (χ1) is 18.8. The molecule has 40 heavy (non-hydrogen) atoms. The zero-order valence-corrected chi connectivity index (χ0v) is 21.7. The number of hydrogen-bond donors (Lipinski definition) is 11. The van der Waals surface area contributed by atoms with Crippen molar-refractivity contribution in [2.75, 3.05) is 19.8 Å². The molecule has 3 aliphatic rings. The molecule has 3 fully saturated rings. The van der Waals surface area contributed by atoms with E-state index in [4.69, 9.17) is 23.7 Å². The molecular weight excluding hydrogens is 548 g/mol. The Balaban J connectivity index is 1.85. The van der Waals surface area contributed by atoms with Gasteiger partial charge in [0, 0.05) is 13.8 Å². The molecule has 232 valence electrons. The Hall–Kier alpha value is -1.62. The van der Waals surface area contributed by atoms with Gasteiger partial charge in [0.25, 0.3) is 0 Å². The predicted octanol–water partition coefficient (Wildman–Crippen LogP) is -7.29. The molecule has 0 bridgehead atoms. The molecule has 11 N–H and O–H groups in total. The van der Waals surface area contributed by atoms with Gasteiger partial charge in [-0.1, -0.05) is 0 Å². The number of nitrogens with one attached hydrogen (secondary N) is 2. The van der Waals surface area contributed by atoms with Crippen molar-refractivity contribution in [1.29, 1.82) is 0 Å². The lowest BCUT2D eigenvalue weighted by Crippen LogP contribution is -2.70. The van der Waals surface area contributed by atoms with Crippen LogP contribution in [0.5, 0.6) is 0 Å². The van der Waals surface area contributed by atoms with Gasteiger partial charge in [0.2, 0.25) is 11.8 Å². The second kappa shape index (κ2) is 14.0. The van der Waals surface area contributed by atoms with E-state index in [0.29, 0.717) is 0 Å². The van der Waals surface area contributed by atoms with Crippen molar-refractivity contribution < 1.29 is 79.2 Å². The minimum atomic E-state index is -1.85. The van der Waals surface area contributed by atoms with Crippen molar-refractivity contribution in [3.05, 3.63) is 0 Å². The number of ether oxygens (including phenoxy) is 5. The second-order valence-corrected chi connectivity index (χ2v) is 9.81. The largest absolute Gasteiger partial charge is 0.394 e. The van der Waals surface area contributed by atoms with E-state index in [1.54, 1.807) is 0 Å². The van der Waals surface area contributed by atoms with Gasteiger partial charge in [-0.15, -0.1) is 0 Å². The van der Waals surface area contributed by atoms with Crippen LogP contribution in [0.3, 0.4) is 0 Å². The Morgan fingerprint density at radius 1 is 0.600 bits per heavy atom. The van der Waals surface area contributed by atoms with Gasteiger partial charge in [0.1, 0.15) is 73.1 Å². The Kier molecular flexibility index (Phi) is 11.5. The van der Waals surface area contributed by atoms with Gasteiger partial charge in [0.05, 0.1) is 19.8 Å². The Bertz CT molecular complexity index is 852. The summed E-state index contributed by atoms with van der Waals surface area (Å²) in [6.07, 6.45) is -21.1. The maximum Gasteiger partial charge on any atom is 0.217 e. The topological polar surface area (TPSA) is 286 Å². The van der Waals surface area contributed by atoms with Crippen molar-refractivity contribution >= 4 is 11.8 Å². The van der Waals surface area contributed by atoms with Crippen LogP contribution in [0.25, 0.3) is 0 Å². The molecule has 0 radical (unpaired) electrons. The lowest BCUT2D eigenvalue weighted by molar-refractivity contribution is -0.360. The molecule has 0 aromatic carbocycles. The molecule has 3 heterocycles. The molecule has 2 amide bonds. The SMILES string of the molecule is CC(=O)N[C@@H]1[C@@H](O)[C@H](O[C@@H]2O[C@H](CO)[C@@H](O[C@@H]3O[C@H](CO)[C@@H](O)[C@H](O)[C@@H]3O)[C@H](O)[C@H]2NC(C)=O)[C@@H](CO)O[C@H]1O. The molecule has 0 unspecified atom stereocenters. The predicted molar refractivity (Wildman–Crippen MR) is 124 cm³/mol. The minimum Gasteiger partial charge on any atom is -0.394 e. The number of carbonyl (C=O) groups is 2. The number of aliphatic hydroxyl groups is 9. The van der Waals surface area contributed by atoms with Crippen LogP contribution in [0.2, 0.25) is 0 Å². The van der Waals surface area contributed by atoms with E-state index in [1.807, 2.05) is 0 Å². The fourth-order valence-electron chi connectivity index (χ4n) is 4.87. The summed E-state index contributed by atoms with van der Waals surface area (Å²) >= 11 is 0. The first kappa shape index (κ1) is 32.9. The third-order valence-corrected chi connectivity index (χ3v) is 6.90. The van der Waals surface area contributed by atoms with Crippen LogP contribution < -0.4 is 10.6 Å². The van der Waals surface area contributed by atoms with E-state index < -0.39 is 124 Å². The summed E-state index contributed by atoms with van der Waals surface area (Å²) in [5, 5.41) is 96.5. The van der Waals surface area contributed by atoms with Crippen molar-refractivity contribution in [2.24, 2.45) is 0 Å². The molecule has 3 saturated heterocycles. The minimum absolute atomic E-state index is 0.623. The quantitative estimate of drug-likeness (QED) is 0.120. The maximum absolute atomic E-state index is 12.0. The molecule has 3 aliphatic heterocycles. The molecule has 0 saturated carbocycles. The number of rotatable bonds is 9. The first-order valence-corrected chi connectivity index (χ1v) is 12.6. The third kappa shape index (κ3) is 7.05. The van der Waals surface area contributed by atoms with E-state index in [1.165, 1.54) is 0 Å². The zero-order chi connectivity index (χ0) is 29.9. The maximum atomic E-state index is 12.0. The van der Waals surface area contributed by atoms with E-state index in [9.17, 15) is 55.5 Å². The van der Waals surface area contributed by atoms with Gasteiger partial charge in [0.15, 0.2) is 18.9 Å². The van der Waals surface area contributed by atoms with Crippen LogP contribution in [0.1, 0.15) is 13.8 Å². The Labute approximate surface area is 228 Å². The van der Waals surface area contributed by atoms with Crippen molar-refractivity contribution in [3.8, 4) is 0 Å². The normalized spacial score (nSPS) is 46.0. The highest BCUT2D eigenvalue weighted by atomic mass is 16.7. The highest BCUT2D eigenvalue weighted by Gasteiger charge is 2.54. The smallest absolute Gasteiger partial charge is 0.217 e. The lowest BCUT2D eigenvalue weighted by atomic mass is 9.94. The summed E-state index contributed by atoms with van der Waals surface area (Å²) in [4.78, 5) is 23.5. The summed E-state index contributed by atoms with van der Waals surface area (Å²) < 4.78 is 27.7. The van der Waals surface area contributed by atoms with E-state index in [-0.39, 0.29) is 0 Å². The monoisotopic (exact) mass is 586 g/mol. The van der Waals surface area contributed by atoms with Crippen molar-refractivity contribution in [1.82, 2.24) is 10.6 Å². The van der Waals surface area contributed by atoms with Crippen LogP contribution in [0.4, 0.5) is 0 Å². The summed E-state index contributed by atoms with van der Waals surface area (Å²) in [6, 6.07) is -2.87. The summed E-state index contributed by atoms with van der Waals surface area (Å²) in [6.45, 7) is -0.117. The summed E-state index contributed by atoms with van der Waals surface area (Å²) in [7, 11) is 0. The number of carbonyl (C=O) groups excluding carboxylic acids is 2. The van der Waals surface area contributed by atoms with Gasteiger partial charge in [-0.25, -0.2) is 0 Å².